The first-order chi connectivity index (χ1) is 14.7. The number of carbonyl (C=O) groups excluding carboxylic acids is 1. The number of piperidine rings is 1. The Morgan fingerprint density at radius 1 is 1.07 bits per heavy atom. The van der Waals surface area contributed by atoms with Crippen molar-refractivity contribution >= 4 is 5.91 Å². The van der Waals surface area contributed by atoms with Gasteiger partial charge in [-0.1, -0.05) is 30.3 Å². The van der Waals surface area contributed by atoms with Gasteiger partial charge in [-0.3, -0.25) is 14.6 Å². The van der Waals surface area contributed by atoms with E-state index < -0.39 is 0 Å². The summed E-state index contributed by atoms with van der Waals surface area (Å²) in [7, 11) is 0. The van der Waals surface area contributed by atoms with Gasteiger partial charge in [-0.25, -0.2) is 4.98 Å². The van der Waals surface area contributed by atoms with Crippen LogP contribution in [0.1, 0.15) is 42.8 Å². The predicted molar refractivity (Wildman–Crippen MR) is 119 cm³/mol. The van der Waals surface area contributed by atoms with Crippen molar-refractivity contribution < 1.29 is 4.79 Å². The number of imidazole rings is 1. The zero-order chi connectivity index (χ0) is 20.8. The molecule has 1 N–H and O–H groups in total. The van der Waals surface area contributed by atoms with Crippen LogP contribution in [0.25, 0.3) is 0 Å². The van der Waals surface area contributed by atoms with Crippen molar-refractivity contribution in [2.24, 2.45) is 5.92 Å². The Kier molecular flexibility index (Phi) is 7.18. The normalized spacial score (nSPS) is 21.1. The molecule has 2 fully saturated rings. The van der Waals surface area contributed by atoms with E-state index in [-0.39, 0.29) is 0 Å². The summed E-state index contributed by atoms with van der Waals surface area (Å²) in [6.07, 6.45) is 6.06. The highest BCUT2D eigenvalue weighted by Crippen LogP contribution is 2.23. The summed E-state index contributed by atoms with van der Waals surface area (Å²) in [5.74, 6) is 2.02. The van der Waals surface area contributed by atoms with Crippen molar-refractivity contribution in [2.45, 2.75) is 45.7 Å². The number of aryl methyl sites for hydroxylation is 1. The fraction of sp³-hybridized carbons (Fsp3) is 0.583. The number of hydrogen-bond acceptors (Lipinski definition) is 4. The first kappa shape index (κ1) is 21.1. The monoisotopic (exact) mass is 409 g/mol. The lowest BCUT2D eigenvalue weighted by Gasteiger charge is -2.36. The number of H-pyrrole nitrogens is 1. The van der Waals surface area contributed by atoms with Crippen molar-refractivity contribution in [1.29, 1.82) is 0 Å². The fourth-order valence-electron chi connectivity index (χ4n) is 4.77. The van der Waals surface area contributed by atoms with Crippen molar-refractivity contribution in [3.8, 4) is 0 Å². The quantitative estimate of drug-likeness (QED) is 0.764. The van der Waals surface area contributed by atoms with Gasteiger partial charge in [0.2, 0.25) is 5.91 Å². The van der Waals surface area contributed by atoms with E-state index in [4.69, 9.17) is 0 Å². The van der Waals surface area contributed by atoms with E-state index in [2.05, 4.69) is 55.0 Å². The topological polar surface area (TPSA) is 55.5 Å². The summed E-state index contributed by atoms with van der Waals surface area (Å²) in [4.78, 5) is 27.5. The predicted octanol–water partition coefficient (Wildman–Crippen LogP) is 3.05. The molecule has 0 radical (unpaired) electrons. The number of nitrogens with one attached hydrogen (secondary N) is 1. The molecule has 0 bridgehead atoms. The van der Waals surface area contributed by atoms with Crippen LogP contribution in [-0.2, 0) is 17.9 Å². The van der Waals surface area contributed by atoms with Crippen LogP contribution >= 0.6 is 0 Å². The molecule has 1 amide bonds. The highest BCUT2D eigenvalue weighted by Gasteiger charge is 2.24. The van der Waals surface area contributed by atoms with Gasteiger partial charge in [0.15, 0.2) is 0 Å². The minimum Gasteiger partial charge on any atom is -0.345 e. The van der Waals surface area contributed by atoms with Gasteiger partial charge in [-0.05, 0) is 44.2 Å². The molecule has 30 heavy (non-hydrogen) atoms. The van der Waals surface area contributed by atoms with E-state index in [1.54, 1.807) is 0 Å². The van der Waals surface area contributed by atoms with Crippen molar-refractivity contribution in [3.05, 3.63) is 53.6 Å². The van der Waals surface area contributed by atoms with Gasteiger partial charge in [0.05, 0.1) is 6.54 Å². The van der Waals surface area contributed by atoms with Crippen molar-refractivity contribution in [3.63, 3.8) is 0 Å². The van der Waals surface area contributed by atoms with E-state index in [1.807, 2.05) is 13.1 Å². The smallest absolute Gasteiger partial charge is 0.222 e. The third-order valence-corrected chi connectivity index (χ3v) is 6.47. The van der Waals surface area contributed by atoms with Gasteiger partial charge in [0, 0.05) is 57.6 Å². The molecule has 0 saturated carbocycles. The number of aromatic amines is 1. The van der Waals surface area contributed by atoms with Crippen LogP contribution in [0.3, 0.4) is 0 Å². The molecule has 0 spiro atoms. The van der Waals surface area contributed by atoms with Gasteiger partial charge < -0.3 is 9.88 Å². The van der Waals surface area contributed by atoms with Gasteiger partial charge in [-0.2, -0.15) is 0 Å². The standard InChI is InChI=1S/C24H35N5O/c1-20-16-25-23(26-20)19-28-11-5-8-22(18-28)9-10-24(30)29-14-12-27(13-15-29)17-21-6-3-2-4-7-21/h2-4,6-7,16,22H,5,8-15,17-19H2,1H3,(H,25,26). The Morgan fingerprint density at radius 2 is 1.87 bits per heavy atom. The van der Waals surface area contributed by atoms with E-state index in [9.17, 15) is 4.79 Å². The molecule has 1 unspecified atom stereocenters. The summed E-state index contributed by atoms with van der Waals surface area (Å²) in [5, 5.41) is 0. The second-order valence-electron chi connectivity index (χ2n) is 8.94. The fourth-order valence-corrected chi connectivity index (χ4v) is 4.77. The highest BCUT2D eigenvalue weighted by molar-refractivity contribution is 5.76. The minimum atomic E-state index is 0.341. The van der Waals surface area contributed by atoms with Crippen LogP contribution < -0.4 is 0 Å². The zero-order valence-corrected chi connectivity index (χ0v) is 18.2. The lowest BCUT2D eigenvalue weighted by Crippen LogP contribution is -2.48. The maximum atomic E-state index is 12.8. The third kappa shape index (κ3) is 5.92. The average molecular weight is 410 g/mol. The number of hydrogen-bond donors (Lipinski definition) is 1. The molecule has 1 aromatic heterocycles. The lowest BCUT2D eigenvalue weighted by atomic mass is 9.93. The Hall–Kier alpha value is -2.18. The second kappa shape index (κ2) is 10.2. The number of aromatic nitrogens is 2. The maximum absolute atomic E-state index is 12.8. The number of rotatable bonds is 7. The minimum absolute atomic E-state index is 0.341. The molecule has 3 heterocycles. The number of benzene rings is 1. The summed E-state index contributed by atoms with van der Waals surface area (Å²) in [5.41, 5.74) is 2.47. The average Bonchev–Trinajstić information content (AvgIpc) is 3.18. The number of piperazine rings is 1. The van der Waals surface area contributed by atoms with E-state index in [0.29, 0.717) is 18.2 Å². The van der Waals surface area contributed by atoms with E-state index in [1.165, 1.54) is 18.4 Å². The van der Waals surface area contributed by atoms with Crippen LogP contribution in [0.15, 0.2) is 36.5 Å². The molecule has 2 aliphatic rings. The maximum Gasteiger partial charge on any atom is 0.222 e. The van der Waals surface area contributed by atoms with Crippen LogP contribution in [0.4, 0.5) is 0 Å². The van der Waals surface area contributed by atoms with Gasteiger partial charge in [0.25, 0.3) is 0 Å². The Morgan fingerprint density at radius 3 is 2.60 bits per heavy atom. The Labute approximate surface area is 180 Å². The summed E-state index contributed by atoms with van der Waals surface area (Å²) in [6, 6.07) is 10.6. The molecule has 2 aliphatic heterocycles. The second-order valence-corrected chi connectivity index (χ2v) is 8.94. The molecular weight excluding hydrogens is 374 g/mol. The molecule has 2 saturated heterocycles. The summed E-state index contributed by atoms with van der Waals surface area (Å²) < 4.78 is 0. The first-order valence-electron chi connectivity index (χ1n) is 11.4. The van der Waals surface area contributed by atoms with Gasteiger partial charge in [0.1, 0.15) is 5.82 Å². The zero-order valence-electron chi connectivity index (χ0n) is 18.2. The Bertz CT molecular complexity index is 797. The lowest BCUT2D eigenvalue weighted by molar-refractivity contribution is -0.133. The molecule has 6 heteroatoms. The third-order valence-electron chi connectivity index (χ3n) is 6.47. The summed E-state index contributed by atoms with van der Waals surface area (Å²) >= 11 is 0. The van der Waals surface area contributed by atoms with Crippen LogP contribution in [0.2, 0.25) is 0 Å². The Balaban J connectivity index is 1.16. The number of likely N-dealkylation sites (tertiary alicyclic amines) is 1. The molecular formula is C24H35N5O. The van der Waals surface area contributed by atoms with Crippen LogP contribution in [-0.4, -0.2) is 69.8 Å². The molecule has 0 aliphatic carbocycles. The van der Waals surface area contributed by atoms with Gasteiger partial charge >= 0.3 is 0 Å². The first-order valence-corrected chi connectivity index (χ1v) is 11.4. The number of amides is 1. The molecule has 1 atom stereocenters. The highest BCUT2D eigenvalue weighted by atomic mass is 16.2. The molecule has 2 aromatic rings. The molecule has 4 rings (SSSR count). The number of carbonyl (C=O) groups is 1. The number of nitrogens with zero attached hydrogens (tertiary/aromatic N) is 4. The molecule has 6 nitrogen and oxygen atoms in total. The van der Waals surface area contributed by atoms with Crippen LogP contribution in [0.5, 0.6) is 0 Å². The van der Waals surface area contributed by atoms with Crippen LogP contribution in [0, 0.1) is 12.8 Å². The van der Waals surface area contributed by atoms with Crippen molar-refractivity contribution in [2.75, 3.05) is 39.3 Å². The van der Waals surface area contributed by atoms with Crippen molar-refractivity contribution in [1.82, 2.24) is 24.7 Å². The SMILES string of the molecule is Cc1cnc(CN2CCCC(CCC(=O)N3CCN(Cc4ccccc4)CC3)C2)[nH]1. The summed E-state index contributed by atoms with van der Waals surface area (Å²) in [6.45, 7) is 9.80. The molecule has 1 aromatic carbocycles. The molecule has 162 valence electrons. The largest absolute Gasteiger partial charge is 0.345 e. The van der Waals surface area contributed by atoms with E-state index >= 15 is 0 Å². The van der Waals surface area contributed by atoms with Gasteiger partial charge in [-0.15, -0.1) is 0 Å². The van der Waals surface area contributed by atoms with E-state index in [0.717, 1.165) is 70.3 Å².